The van der Waals surface area contributed by atoms with Gasteiger partial charge in [-0.3, -0.25) is 0 Å². The lowest BCUT2D eigenvalue weighted by molar-refractivity contribution is 0.0913. The van der Waals surface area contributed by atoms with Crippen LogP contribution in [0.4, 0.5) is 4.39 Å². The highest BCUT2D eigenvalue weighted by Gasteiger charge is 2.15. The summed E-state index contributed by atoms with van der Waals surface area (Å²) in [5, 5.41) is 17.1. The lowest BCUT2D eigenvalue weighted by Crippen LogP contribution is -2.25. The fourth-order valence-corrected chi connectivity index (χ4v) is 2.49. The van der Waals surface area contributed by atoms with Crippen LogP contribution in [-0.2, 0) is 14.8 Å². The normalized spacial score (nSPS) is 11.2. The summed E-state index contributed by atoms with van der Waals surface area (Å²) < 4.78 is 44.2. The molecule has 1 rings (SSSR count). The van der Waals surface area contributed by atoms with E-state index in [1.807, 2.05) is 0 Å². The van der Waals surface area contributed by atoms with Crippen molar-refractivity contribution in [3.8, 4) is 6.07 Å². The average Bonchev–Trinajstić information content (AvgIpc) is 2.43. The van der Waals surface area contributed by atoms with Crippen LogP contribution in [0.1, 0.15) is 12.0 Å². The maximum atomic E-state index is 13.1. The molecular formula is C12H15FN2O4S. The molecule has 0 amide bonds. The molecule has 0 unspecified atom stereocenters. The summed E-state index contributed by atoms with van der Waals surface area (Å²) in [7, 11) is -3.78. The minimum Gasteiger partial charge on any atom is -0.394 e. The van der Waals surface area contributed by atoms with Crippen LogP contribution >= 0.6 is 0 Å². The maximum Gasteiger partial charge on any atom is 0.240 e. The Labute approximate surface area is 116 Å². The number of sulfonamides is 1. The standard InChI is InChI=1S/C12H15FN2O4S/c13-12-3-2-11(8-10(12)9-14)20(17,18)15-4-1-6-19-7-5-16/h2-3,8,15-16H,1,4-7H2. The van der Waals surface area contributed by atoms with Crippen LogP contribution in [0.25, 0.3) is 0 Å². The number of ether oxygens (including phenoxy) is 1. The van der Waals surface area contributed by atoms with E-state index in [0.29, 0.717) is 13.0 Å². The monoisotopic (exact) mass is 302 g/mol. The van der Waals surface area contributed by atoms with Gasteiger partial charge in [-0.05, 0) is 24.6 Å². The van der Waals surface area contributed by atoms with Crippen LogP contribution in [0.2, 0.25) is 0 Å². The number of halogens is 1. The molecule has 2 N–H and O–H groups in total. The number of aliphatic hydroxyl groups excluding tert-OH is 1. The Hall–Kier alpha value is -1.53. The fraction of sp³-hybridized carbons (Fsp3) is 0.417. The molecule has 0 heterocycles. The first-order valence-electron chi connectivity index (χ1n) is 5.89. The molecule has 110 valence electrons. The Morgan fingerprint density at radius 3 is 2.80 bits per heavy atom. The number of hydrogen-bond acceptors (Lipinski definition) is 5. The smallest absolute Gasteiger partial charge is 0.240 e. The summed E-state index contributed by atoms with van der Waals surface area (Å²) in [5.41, 5.74) is -0.320. The van der Waals surface area contributed by atoms with Gasteiger partial charge in [0, 0.05) is 13.2 Å². The topological polar surface area (TPSA) is 99.4 Å². The van der Waals surface area contributed by atoms with Crippen LogP contribution in [0.3, 0.4) is 0 Å². The van der Waals surface area contributed by atoms with Gasteiger partial charge in [0.2, 0.25) is 10.0 Å². The Bertz CT molecular complexity index is 584. The summed E-state index contributed by atoms with van der Waals surface area (Å²) in [6.07, 6.45) is 0.436. The van der Waals surface area contributed by atoms with Gasteiger partial charge in [-0.25, -0.2) is 17.5 Å². The summed E-state index contributed by atoms with van der Waals surface area (Å²) in [6, 6.07) is 4.61. The molecule has 0 saturated carbocycles. The van der Waals surface area contributed by atoms with Crippen LogP contribution in [0.15, 0.2) is 23.1 Å². The molecule has 1 aromatic carbocycles. The SMILES string of the molecule is N#Cc1cc(S(=O)(=O)NCCCOCCO)ccc1F. The first kappa shape index (κ1) is 16.5. The number of nitrogens with one attached hydrogen (secondary N) is 1. The van der Waals surface area contributed by atoms with Crippen molar-refractivity contribution < 1.29 is 22.7 Å². The molecule has 0 aliphatic heterocycles. The van der Waals surface area contributed by atoms with Gasteiger partial charge < -0.3 is 9.84 Å². The van der Waals surface area contributed by atoms with Crippen molar-refractivity contribution >= 4 is 10.0 Å². The van der Waals surface area contributed by atoms with Crippen molar-refractivity contribution in [1.29, 1.82) is 5.26 Å². The molecule has 0 radical (unpaired) electrons. The van der Waals surface area contributed by atoms with Gasteiger partial charge in [0.25, 0.3) is 0 Å². The molecule has 0 aliphatic carbocycles. The van der Waals surface area contributed by atoms with Crippen LogP contribution in [-0.4, -0.2) is 39.9 Å². The van der Waals surface area contributed by atoms with E-state index < -0.39 is 15.8 Å². The van der Waals surface area contributed by atoms with Crippen molar-refractivity contribution in [3.05, 3.63) is 29.6 Å². The van der Waals surface area contributed by atoms with Crippen molar-refractivity contribution in [1.82, 2.24) is 4.72 Å². The fourth-order valence-electron chi connectivity index (χ4n) is 1.39. The number of rotatable bonds is 8. The second kappa shape index (κ2) is 7.91. The Balaban J connectivity index is 2.59. The van der Waals surface area contributed by atoms with Gasteiger partial charge in [0.1, 0.15) is 11.9 Å². The molecule has 8 heteroatoms. The first-order chi connectivity index (χ1) is 9.51. The van der Waals surface area contributed by atoms with Crippen molar-refractivity contribution in [2.24, 2.45) is 0 Å². The number of aliphatic hydroxyl groups is 1. The van der Waals surface area contributed by atoms with Gasteiger partial charge in [-0.2, -0.15) is 5.26 Å². The van der Waals surface area contributed by atoms with Crippen molar-refractivity contribution in [3.63, 3.8) is 0 Å². The third kappa shape index (κ3) is 4.86. The molecule has 0 fully saturated rings. The summed E-state index contributed by atoms with van der Waals surface area (Å²) >= 11 is 0. The number of hydrogen-bond donors (Lipinski definition) is 2. The molecule has 6 nitrogen and oxygen atoms in total. The molecule has 0 atom stereocenters. The maximum absolute atomic E-state index is 13.1. The minimum absolute atomic E-state index is 0.0851. The first-order valence-corrected chi connectivity index (χ1v) is 7.37. The molecular weight excluding hydrogens is 287 g/mol. The predicted octanol–water partition coefficient (Wildman–Crippen LogP) is 0.375. The molecule has 0 aliphatic rings. The van der Waals surface area contributed by atoms with Crippen LogP contribution < -0.4 is 4.72 Å². The molecule has 0 bridgehead atoms. The van der Waals surface area contributed by atoms with E-state index in [-0.39, 0.29) is 30.2 Å². The molecule has 1 aromatic rings. The van der Waals surface area contributed by atoms with E-state index in [1.54, 1.807) is 6.07 Å². The largest absolute Gasteiger partial charge is 0.394 e. The summed E-state index contributed by atoms with van der Waals surface area (Å²) in [4.78, 5) is -0.160. The number of nitrogens with zero attached hydrogens (tertiary/aromatic N) is 1. The quantitative estimate of drug-likeness (QED) is 0.676. The highest BCUT2D eigenvalue weighted by atomic mass is 32.2. The molecule has 20 heavy (non-hydrogen) atoms. The zero-order chi connectivity index (χ0) is 15.0. The van der Waals surface area contributed by atoms with Gasteiger partial charge in [0.05, 0.1) is 23.7 Å². The Morgan fingerprint density at radius 2 is 2.15 bits per heavy atom. The zero-order valence-corrected chi connectivity index (χ0v) is 11.5. The van der Waals surface area contributed by atoms with Gasteiger partial charge in [-0.1, -0.05) is 0 Å². The van der Waals surface area contributed by atoms with E-state index in [1.165, 1.54) is 0 Å². The highest BCUT2D eigenvalue weighted by Crippen LogP contribution is 2.14. The Kier molecular flexibility index (Phi) is 6.54. The van der Waals surface area contributed by atoms with Gasteiger partial charge >= 0.3 is 0 Å². The average molecular weight is 302 g/mol. The number of nitriles is 1. The van der Waals surface area contributed by atoms with Crippen molar-refractivity contribution in [2.45, 2.75) is 11.3 Å². The molecule has 0 spiro atoms. The second-order valence-electron chi connectivity index (χ2n) is 3.84. The van der Waals surface area contributed by atoms with E-state index in [9.17, 15) is 12.8 Å². The third-order valence-electron chi connectivity index (χ3n) is 2.36. The van der Waals surface area contributed by atoms with Gasteiger partial charge in [-0.15, -0.1) is 0 Å². The Morgan fingerprint density at radius 1 is 1.40 bits per heavy atom. The van der Waals surface area contributed by atoms with Crippen LogP contribution in [0.5, 0.6) is 0 Å². The van der Waals surface area contributed by atoms with E-state index in [4.69, 9.17) is 15.1 Å². The second-order valence-corrected chi connectivity index (χ2v) is 5.61. The number of benzene rings is 1. The summed E-state index contributed by atoms with van der Waals surface area (Å²) in [6.45, 7) is 0.581. The van der Waals surface area contributed by atoms with Crippen LogP contribution in [0, 0.1) is 17.1 Å². The van der Waals surface area contributed by atoms with E-state index in [0.717, 1.165) is 18.2 Å². The minimum atomic E-state index is -3.78. The third-order valence-corrected chi connectivity index (χ3v) is 3.82. The van der Waals surface area contributed by atoms with E-state index in [2.05, 4.69) is 4.72 Å². The highest BCUT2D eigenvalue weighted by molar-refractivity contribution is 7.89. The lowest BCUT2D eigenvalue weighted by Gasteiger charge is -2.07. The van der Waals surface area contributed by atoms with E-state index >= 15 is 0 Å². The molecule has 0 saturated heterocycles. The van der Waals surface area contributed by atoms with Gasteiger partial charge in [0.15, 0.2) is 0 Å². The zero-order valence-electron chi connectivity index (χ0n) is 10.7. The predicted molar refractivity (Wildman–Crippen MR) is 68.8 cm³/mol. The van der Waals surface area contributed by atoms with Crippen molar-refractivity contribution in [2.75, 3.05) is 26.4 Å². The lowest BCUT2D eigenvalue weighted by atomic mass is 10.2. The molecule has 0 aromatic heterocycles. The summed E-state index contributed by atoms with van der Waals surface area (Å²) in [5.74, 6) is -0.760.